The number of para-hydroxylation sites is 1. The van der Waals surface area contributed by atoms with Crippen LogP contribution in [-0.2, 0) is 5.54 Å². The topological polar surface area (TPSA) is 20.7 Å². The molecule has 0 radical (unpaired) electrons. The third-order valence-corrected chi connectivity index (χ3v) is 3.66. The minimum Gasteiger partial charge on any atom is -0.331 e. The highest BCUT2D eigenvalue weighted by molar-refractivity contribution is 7.71. The number of aromatic amines is 1. The number of nitrogens with zero attached hydrogens (tertiary/aromatic N) is 1. The van der Waals surface area contributed by atoms with Crippen LogP contribution >= 0.6 is 12.2 Å². The van der Waals surface area contributed by atoms with Gasteiger partial charge < -0.3 is 9.55 Å². The molecule has 2 nitrogen and oxygen atoms in total. The van der Waals surface area contributed by atoms with Gasteiger partial charge in [-0.1, -0.05) is 19.1 Å². The van der Waals surface area contributed by atoms with E-state index in [1.54, 1.807) is 0 Å². The van der Waals surface area contributed by atoms with Crippen molar-refractivity contribution in [2.24, 2.45) is 0 Å². The lowest BCUT2D eigenvalue weighted by Gasteiger charge is -2.26. The molecule has 0 saturated heterocycles. The summed E-state index contributed by atoms with van der Waals surface area (Å²) in [4.78, 5) is 3.29. The van der Waals surface area contributed by atoms with Crippen LogP contribution in [0.5, 0.6) is 0 Å². The van der Waals surface area contributed by atoms with Gasteiger partial charge in [0, 0.05) is 5.54 Å². The molecule has 0 spiro atoms. The summed E-state index contributed by atoms with van der Waals surface area (Å²) >= 11 is 5.43. The Labute approximate surface area is 101 Å². The number of fused-ring (bicyclic) bond motifs is 1. The molecule has 2 rings (SSSR count). The van der Waals surface area contributed by atoms with Crippen molar-refractivity contribution in [1.29, 1.82) is 0 Å². The fourth-order valence-electron chi connectivity index (χ4n) is 2.06. The zero-order chi connectivity index (χ0) is 11.9. The van der Waals surface area contributed by atoms with Crippen LogP contribution in [0.4, 0.5) is 0 Å². The van der Waals surface area contributed by atoms with Crippen molar-refractivity contribution in [3.63, 3.8) is 0 Å². The minimum absolute atomic E-state index is 0.0570. The van der Waals surface area contributed by atoms with E-state index in [4.69, 9.17) is 12.2 Å². The second-order valence-electron chi connectivity index (χ2n) is 4.90. The quantitative estimate of drug-likeness (QED) is 0.774. The first-order valence-electron chi connectivity index (χ1n) is 5.68. The first kappa shape index (κ1) is 11.4. The van der Waals surface area contributed by atoms with Crippen molar-refractivity contribution in [1.82, 2.24) is 9.55 Å². The Balaban J connectivity index is 2.89. The fraction of sp³-hybridized carbons (Fsp3) is 0.462. The van der Waals surface area contributed by atoms with E-state index in [1.165, 1.54) is 11.1 Å². The molecule has 0 saturated carbocycles. The molecule has 86 valence electrons. The van der Waals surface area contributed by atoms with Gasteiger partial charge in [0.15, 0.2) is 4.77 Å². The van der Waals surface area contributed by atoms with E-state index in [1.807, 2.05) is 0 Å². The standard InChI is InChI=1S/C13H18N2S/c1-5-13(3,4)15-11-9(2)7-6-8-10(11)14-12(15)16/h6-8H,5H2,1-4H3,(H,14,16). The average molecular weight is 234 g/mol. The molecule has 1 heterocycles. The van der Waals surface area contributed by atoms with Crippen molar-refractivity contribution in [3.8, 4) is 0 Å². The van der Waals surface area contributed by atoms with Gasteiger partial charge in [-0.15, -0.1) is 0 Å². The lowest BCUT2D eigenvalue weighted by Crippen LogP contribution is -2.25. The maximum Gasteiger partial charge on any atom is 0.178 e. The van der Waals surface area contributed by atoms with Gasteiger partial charge in [0.25, 0.3) is 0 Å². The van der Waals surface area contributed by atoms with Crippen LogP contribution in [0.1, 0.15) is 32.8 Å². The summed E-state index contributed by atoms with van der Waals surface area (Å²) in [5, 5.41) is 0. The number of aromatic nitrogens is 2. The molecular formula is C13H18N2S. The van der Waals surface area contributed by atoms with Crippen molar-refractivity contribution >= 4 is 23.3 Å². The van der Waals surface area contributed by atoms with Gasteiger partial charge in [-0.3, -0.25) is 0 Å². The molecule has 1 N–H and O–H groups in total. The molecule has 0 aliphatic heterocycles. The third-order valence-electron chi connectivity index (χ3n) is 3.38. The Kier molecular flexibility index (Phi) is 2.66. The second-order valence-corrected chi connectivity index (χ2v) is 5.29. The number of rotatable bonds is 2. The number of imidazole rings is 1. The normalized spacial score (nSPS) is 12.2. The van der Waals surface area contributed by atoms with E-state index >= 15 is 0 Å². The molecule has 0 amide bonds. The molecule has 1 aromatic carbocycles. The summed E-state index contributed by atoms with van der Waals surface area (Å²) in [7, 11) is 0. The van der Waals surface area contributed by atoms with Gasteiger partial charge in [-0.2, -0.15) is 0 Å². The van der Waals surface area contributed by atoms with Gasteiger partial charge >= 0.3 is 0 Å². The highest BCUT2D eigenvalue weighted by Gasteiger charge is 2.21. The van der Waals surface area contributed by atoms with Crippen molar-refractivity contribution in [2.45, 2.75) is 39.7 Å². The summed E-state index contributed by atoms with van der Waals surface area (Å²) in [6.07, 6.45) is 1.06. The van der Waals surface area contributed by atoms with E-state index in [-0.39, 0.29) is 5.54 Å². The van der Waals surface area contributed by atoms with E-state index < -0.39 is 0 Å². The summed E-state index contributed by atoms with van der Waals surface area (Å²) in [5.74, 6) is 0. The third kappa shape index (κ3) is 1.59. The smallest absolute Gasteiger partial charge is 0.178 e. The Hall–Kier alpha value is -1.09. The van der Waals surface area contributed by atoms with Crippen LogP contribution in [0.3, 0.4) is 0 Å². The number of hydrogen-bond acceptors (Lipinski definition) is 1. The molecule has 3 heteroatoms. The molecule has 0 fully saturated rings. The molecule has 0 aliphatic carbocycles. The van der Waals surface area contributed by atoms with Crippen LogP contribution < -0.4 is 0 Å². The van der Waals surface area contributed by atoms with E-state index in [0.717, 1.165) is 16.7 Å². The second kappa shape index (κ2) is 3.74. The molecule has 16 heavy (non-hydrogen) atoms. The van der Waals surface area contributed by atoms with E-state index in [0.29, 0.717) is 0 Å². The maximum atomic E-state index is 5.43. The Morgan fingerprint density at radius 1 is 1.38 bits per heavy atom. The van der Waals surface area contributed by atoms with Crippen molar-refractivity contribution < 1.29 is 0 Å². The summed E-state index contributed by atoms with van der Waals surface area (Å²) < 4.78 is 3.06. The monoisotopic (exact) mass is 234 g/mol. The highest BCUT2D eigenvalue weighted by Crippen LogP contribution is 2.27. The largest absolute Gasteiger partial charge is 0.331 e. The Morgan fingerprint density at radius 2 is 2.06 bits per heavy atom. The van der Waals surface area contributed by atoms with Crippen molar-refractivity contribution in [3.05, 3.63) is 28.5 Å². The molecule has 2 aromatic rings. The predicted octanol–water partition coefficient (Wildman–Crippen LogP) is 4.15. The molecule has 0 aliphatic rings. The van der Waals surface area contributed by atoms with Gasteiger partial charge in [-0.05, 0) is 51.0 Å². The lowest BCUT2D eigenvalue weighted by molar-refractivity contribution is 0.348. The first-order valence-corrected chi connectivity index (χ1v) is 6.09. The summed E-state index contributed by atoms with van der Waals surface area (Å²) in [6, 6.07) is 6.28. The first-order chi connectivity index (χ1) is 7.47. The molecule has 1 aromatic heterocycles. The van der Waals surface area contributed by atoms with Crippen LogP contribution in [0.15, 0.2) is 18.2 Å². The number of H-pyrrole nitrogens is 1. The zero-order valence-corrected chi connectivity index (χ0v) is 11.1. The fourth-order valence-corrected chi connectivity index (χ4v) is 2.51. The number of hydrogen-bond donors (Lipinski definition) is 1. The van der Waals surface area contributed by atoms with Gasteiger partial charge in [0.2, 0.25) is 0 Å². The van der Waals surface area contributed by atoms with E-state index in [2.05, 4.69) is 55.4 Å². The summed E-state index contributed by atoms with van der Waals surface area (Å²) in [5.41, 5.74) is 3.69. The molecule has 0 atom stereocenters. The van der Waals surface area contributed by atoms with E-state index in [9.17, 15) is 0 Å². The minimum atomic E-state index is 0.0570. The van der Waals surface area contributed by atoms with Crippen LogP contribution in [0.2, 0.25) is 0 Å². The number of nitrogens with one attached hydrogen (secondary N) is 1. The Morgan fingerprint density at radius 3 is 2.69 bits per heavy atom. The Bertz CT molecular complexity index is 575. The molecule has 0 bridgehead atoms. The van der Waals surface area contributed by atoms with Gasteiger partial charge in [0.1, 0.15) is 0 Å². The van der Waals surface area contributed by atoms with Crippen molar-refractivity contribution in [2.75, 3.05) is 0 Å². The molecule has 0 unspecified atom stereocenters. The zero-order valence-electron chi connectivity index (χ0n) is 10.3. The van der Waals surface area contributed by atoms with Crippen LogP contribution in [0.25, 0.3) is 11.0 Å². The summed E-state index contributed by atoms with van der Waals surface area (Å²) in [6.45, 7) is 8.77. The molecular weight excluding hydrogens is 216 g/mol. The lowest BCUT2D eigenvalue weighted by atomic mass is 10.0. The maximum absolute atomic E-state index is 5.43. The van der Waals surface area contributed by atoms with Crippen LogP contribution in [0, 0.1) is 11.7 Å². The highest BCUT2D eigenvalue weighted by atomic mass is 32.1. The van der Waals surface area contributed by atoms with Gasteiger partial charge in [0.05, 0.1) is 11.0 Å². The average Bonchev–Trinajstić information content (AvgIpc) is 2.56. The number of benzene rings is 1. The van der Waals surface area contributed by atoms with Gasteiger partial charge in [-0.25, -0.2) is 0 Å². The predicted molar refractivity (Wildman–Crippen MR) is 71.5 cm³/mol. The number of aryl methyl sites for hydroxylation is 1. The SMILES string of the molecule is CCC(C)(C)n1c(=S)[nH]c2cccc(C)c21. The van der Waals surface area contributed by atoms with Crippen LogP contribution in [-0.4, -0.2) is 9.55 Å².